The van der Waals surface area contributed by atoms with Crippen molar-refractivity contribution in [2.75, 3.05) is 0 Å². The maximum atomic E-state index is 10.6. The summed E-state index contributed by atoms with van der Waals surface area (Å²) in [6, 6.07) is 0. The Hall–Kier alpha value is -1.76. The van der Waals surface area contributed by atoms with E-state index in [1.807, 2.05) is 0 Å². The molecule has 2 heterocycles. The highest BCUT2D eigenvalue weighted by Gasteiger charge is 2.11. The van der Waals surface area contributed by atoms with Crippen LogP contribution in [0.3, 0.4) is 0 Å². The first-order valence-electron chi connectivity index (χ1n) is 3.72. The van der Waals surface area contributed by atoms with Crippen LogP contribution in [0.15, 0.2) is 12.4 Å². The highest BCUT2D eigenvalue weighted by Crippen LogP contribution is 2.22. The molecule has 6 nitrogen and oxygen atoms in total. The van der Waals surface area contributed by atoms with E-state index in [0.29, 0.717) is 10.7 Å². The van der Waals surface area contributed by atoms with Crippen molar-refractivity contribution in [1.29, 1.82) is 0 Å². The molecule has 1 N–H and O–H groups in total. The molecule has 0 saturated heterocycles. The number of rotatable bonds is 2. The second-order valence-corrected chi connectivity index (χ2v) is 3.64. The Balaban J connectivity index is 2.38. The van der Waals surface area contributed by atoms with E-state index in [0.717, 1.165) is 11.3 Å². The van der Waals surface area contributed by atoms with Crippen LogP contribution in [0.5, 0.6) is 0 Å². The van der Waals surface area contributed by atoms with E-state index < -0.39 is 5.97 Å². The van der Waals surface area contributed by atoms with Crippen LogP contribution in [0.4, 0.5) is 0 Å². The van der Waals surface area contributed by atoms with Gasteiger partial charge in [0.05, 0.1) is 12.4 Å². The van der Waals surface area contributed by atoms with Gasteiger partial charge in [-0.2, -0.15) is 0 Å². The van der Waals surface area contributed by atoms with Crippen LogP contribution in [0, 0.1) is 0 Å². The first kappa shape index (κ1) is 8.82. The van der Waals surface area contributed by atoms with Crippen LogP contribution in [0.2, 0.25) is 0 Å². The summed E-state index contributed by atoms with van der Waals surface area (Å²) in [5.74, 6) is -0.974. The van der Waals surface area contributed by atoms with Gasteiger partial charge in [0.15, 0.2) is 0 Å². The number of nitrogens with zero attached hydrogens (tertiary/aromatic N) is 4. The Kier molecular flexibility index (Phi) is 2.01. The number of aryl methyl sites for hydroxylation is 1. The molecule has 0 radical (unpaired) electrons. The third-order valence-electron chi connectivity index (χ3n) is 1.54. The number of carbonyl (C=O) groups is 1. The molecule has 0 amide bonds. The van der Waals surface area contributed by atoms with Gasteiger partial charge in [-0.25, -0.2) is 9.78 Å². The van der Waals surface area contributed by atoms with Gasteiger partial charge in [0, 0.05) is 7.05 Å². The molecule has 0 aliphatic carbocycles. The highest BCUT2D eigenvalue weighted by molar-refractivity contribution is 7.16. The van der Waals surface area contributed by atoms with Crippen LogP contribution in [-0.2, 0) is 7.05 Å². The lowest BCUT2D eigenvalue weighted by molar-refractivity contribution is 0.0702. The molecule has 0 aromatic carbocycles. The minimum absolute atomic E-state index is 0.200. The van der Waals surface area contributed by atoms with Crippen molar-refractivity contribution in [3.05, 3.63) is 17.3 Å². The Bertz CT molecular complexity index is 475. The molecule has 7 heteroatoms. The fourth-order valence-electron chi connectivity index (χ4n) is 0.937. The molecule has 0 spiro atoms. The predicted molar refractivity (Wildman–Crippen MR) is 49.1 cm³/mol. The topological polar surface area (TPSA) is 80.9 Å². The van der Waals surface area contributed by atoms with Crippen molar-refractivity contribution in [1.82, 2.24) is 20.0 Å². The van der Waals surface area contributed by atoms with Gasteiger partial charge in [0.25, 0.3) is 0 Å². The number of carboxylic acids is 1. The number of carboxylic acid groups (broad SMARTS) is 1. The number of thiazole rings is 1. The minimum Gasteiger partial charge on any atom is -0.477 e. The summed E-state index contributed by atoms with van der Waals surface area (Å²) in [7, 11) is 1.74. The van der Waals surface area contributed by atoms with Crippen LogP contribution in [0.1, 0.15) is 9.67 Å². The average Bonchev–Trinajstić information content (AvgIpc) is 2.70. The van der Waals surface area contributed by atoms with Crippen molar-refractivity contribution in [2.45, 2.75) is 0 Å². The zero-order chi connectivity index (χ0) is 10.1. The molecule has 14 heavy (non-hydrogen) atoms. The highest BCUT2D eigenvalue weighted by atomic mass is 32.1. The van der Waals surface area contributed by atoms with Crippen LogP contribution in [-0.4, -0.2) is 31.1 Å². The monoisotopic (exact) mass is 210 g/mol. The predicted octanol–water partition coefficient (Wildman–Crippen LogP) is 0.637. The number of hydrogen-bond acceptors (Lipinski definition) is 5. The third kappa shape index (κ3) is 1.49. The lowest BCUT2D eigenvalue weighted by atomic mass is 10.5. The van der Waals surface area contributed by atoms with Crippen LogP contribution >= 0.6 is 11.3 Å². The molecule has 0 aliphatic rings. The zero-order valence-electron chi connectivity index (χ0n) is 7.21. The van der Waals surface area contributed by atoms with E-state index in [1.54, 1.807) is 13.2 Å². The standard InChI is InChI=1S/C7H6N4O2S/c1-11-3-4(9-10-11)6-8-2-5(14-6)7(12)13/h2-3H,1H3,(H,12,13). The van der Waals surface area contributed by atoms with Gasteiger partial charge >= 0.3 is 5.97 Å². The molecule has 0 aliphatic heterocycles. The number of aromatic nitrogens is 4. The summed E-state index contributed by atoms with van der Waals surface area (Å²) in [6.07, 6.45) is 3.00. The maximum absolute atomic E-state index is 10.6. The normalized spacial score (nSPS) is 10.4. The van der Waals surface area contributed by atoms with E-state index >= 15 is 0 Å². The molecule has 2 aromatic heterocycles. The molecule has 0 saturated carbocycles. The average molecular weight is 210 g/mol. The summed E-state index contributed by atoms with van der Waals surface area (Å²) in [4.78, 5) is 14.7. The quantitative estimate of drug-likeness (QED) is 0.786. The lowest BCUT2D eigenvalue weighted by Crippen LogP contribution is -1.89. The van der Waals surface area contributed by atoms with Crippen molar-refractivity contribution in [3.8, 4) is 10.7 Å². The van der Waals surface area contributed by atoms with E-state index in [2.05, 4.69) is 15.3 Å². The van der Waals surface area contributed by atoms with Gasteiger partial charge in [-0.05, 0) is 0 Å². The second-order valence-electron chi connectivity index (χ2n) is 2.61. The first-order valence-corrected chi connectivity index (χ1v) is 4.54. The van der Waals surface area contributed by atoms with E-state index in [4.69, 9.17) is 5.11 Å². The van der Waals surface area contributed by atoms with Crippen LogP contribution < -0.4 is 0 Å². The Morgan fingerprint density at radius 3 is 2.93 bits per heavy atom. The molecule has 2 aromatic rings. The van der Waals surface area contributed by atoms with E-state index in [-0.39, 0.29) is 4.88 Å². The third-order valence-corrected chi connectivity index (χ3v) is 2.55. The van der Waals surface area contributed by atoms with Gasteiger partial charge in [-0.15, -0.1) is 16.4 Å². The van der Waals surface area contributed by atoms with Gasteiger partial charge in [-0.3, -0.25) is 4.68 Å². The van der Waals surface area contributed by atoms with Gasteiger partial charge < -0.3 is 5.11 Å². The molecule has 0 atom stereocenters. The van der Waals surface area contributed by atoms with Crippen molar-refractivity contribution < 1.29 is 9.90 Å². The molecule has 72 valence electrons. The summed E-state index contributed by atoms with van der Waals surface area (Å²) < 4.78 is 1.54. The molecule has 0 bridgehead atoms. The lowest BCUT2D eigenvalue weighted by Gasteiger charge is -1.83. The van der Waals surface area contributed by atoms with Crippen LogP contribution in [0.25, 0.3) is 10.7 Å². The van der Waals surface area contributed by atoms with Crippen molar-refractivity contribution >= 4 is 17.3 Å². The fraction of sp³-hybridized carbons (Fsp3) is 0.143. The molecular weight excluding hydrogens is 204 g/mol. The zero-order valence-corrected chi connectivity index (χ0v) is 8.02. The SMILES string of the molecule is Cn1cc(-c2ncc(C(=O)O)s2)nn1. The summed E-state index contributed by atoms with van der Waals surface area (Å²) in [5, 5.41) is 16.8. The minimum atomic E-state index is -0.974. The molecule has 2 rings (SSSR count). The number of aromatic carboxylic acids is 1. The summed E-state index contributed by atoms with van der Waals surface area (Å²) in [5.41, 5.74) is 0.588. The van der Waals surface area contributed by atoms with Crippen molar-refractivity contribution in [3.63, 3.8) is 0 Å². The fourth-order valence-corrected chi connectivity index (χ4v) is 1.64. The van der Waals surface area contributed by atoms with Gasteiger partial charge in [-0.1, -0.05) is 5.21 Å². The largest absolute Gasteiger partial charge is 0.477 e. The number of hydrogen-bond donors (Lipinski definition) is 1. The smallest absolute Gasteiger partial charge is 0.347 e. The maximum Gasteiger partial charge on any atom is 0.347 e. The molecular formula is C7H6N4O2S. The second kappa shape index (κ2) is 3.18. The molecule has 0 unspecified atom stereocenters. The Morgan fingerprint density at radius 1 is 1.64 bits per heavy atom. The Morgan fingerprint density at radius 2 is 2.43 bits per heavy atom. The first-order chi connectivity index (χ1) is 6.66. The van der Waals surface area contributed by atoms with Crippen molar-refractivity contribution in [2.24, 2.45) is 7.05 Å². The summed E-state index contributed by atoms with van der Waals surface area (Å²) in [6.45, 7) is 0. The summed E-state index contributed by atoms with van der Waals surface area (Å²) >= 11 is 1.08. The molecule has 0 fully saturated rings. The van der Waals surface area contributed by atoms with E-state index in [1.165, 1.54) is 10.9 Å². The Labute approximate surface area is 82.8 Å². The van der Waals surface area contributed by atoms with Gasteiger partial charge in [0.2, 0.25) is 0 Å². The van der Waals surface area contributed by atoms with E-state index in [9.17, 15) is 4.79 Å². The van der Waals surface area contributed by atoms with Gasteiger partial charge in [0.1, 0.15) is 15.6 Å².